The van der Waals surface area contributed by atoms with E-state index in [9.17, 15) is 4.79 Å². The number of thioether (sulfide) groups is 1. The minimum Gasteiger partial charge on any atom is -0.308 e. The smallest absolute Gasteiger partial charge is 0.240 e. The van der Waals surface area contributed by atoms with Crippen LogP contribution in [-0.4, -0.2) is 37.4 Å². The quantitative estimate of drug-likeness (QED) is 0.625. The molecule has 27 heavy (non-hydrogen) atoms. The third-order valence-corrected chi connectivity index (χ3v) is 5.86. The Bertz CT molecular complexity index is 974. The Labute approximate surface area is 166 Å². The molecule has 0 N–H and O–H groups in total. The number of hydrogen-bond acceptors (Lipinski definition) is 5. The zero-order chi connectivity index (χ0) is 19.0. The molecule has 2 aromatic carbocycles. The lowest BCUT2D eigenvalue weighted by atomic mass is 10.1. The molecule has 1 aromatic heterocycles. The standard InChI is InChI=1S/C19H18ClN5OS/c1-12-11-14-5-3-4-6-17(14)24(12)18(26)13(2)27-19-21-22-23-25(19)16-9-7-15(20)8-10-16/h3-10,12-13H,11H2,1-2H3/t12-,13-/m0/s1. The van der Waals surface area contributed by atoms with Gasteiger partial charge in [0.1, 0.15) is 0 Å². The van der Waals surface area contributed by atoms with Gasteiger partial charge in [-0.2, -0.15) is 4.68 Å². The molecular formula is C19H18ClN5OS. The van der Waals surface area contributed by atoms with Crippen LogP contribution < -0.4 is 4.90 Å². The van der Waals surface area contributed by atoms with Crippen LogP contribution in [-0.2, 0) is 11.2 Å². The van der Waals surface area contributed by atoms with Gasteiger partial charge in [-0.3, -0.25) is 4.79 Å². The molecule has 0 radical (unpaired) electrons. The molecule has 2 atom stereocenters. The second-order valence-corrected chi connectivity index (χ2v) is 8.24. The molecule has 0 saturated carbocycles. The number of hydrogen-bond donors (Lipinski definition) is 0. The topological polar surface area (TPSA) is 63.9 Å². The minimum absolute atomic E-state index is 0.0584. The summed E-state index contributed by atoms with van der Waals surface area (Å²) in [4.78, 5) is 15.0. The average Bonchev–Trinajstić information content (AvgIpc) is 3.25. The fourth-order valence-electron chi connectivity index (χ4n) is 3.30. The third-order valence-electron chi connectivity index (χ3n) is 4.59. The van der Waals surface area contributed by atoms with E-state index in [1.165, 1.54) is 17.3 Å². The van der Waals surface area contributed by atoms with E-state index in [0.717, 1.165) is 17.8 Å². The van der Waals surface area contributed by atoms with Crippen LogP contribution in [0, 0.1) is 0 Å². The number of para-hydroxylation sites is 1. The fourth-order valence-corrected chi connectivity index (χ4v) is 4.28. The van der Waals surface area contributed by atoms with E-state index in [-0.39, 0.29) is 17.2 Å². The van der Waals surface area contributed by atoms with Crippen LogP contribution in [0.5, 0.6) is 0 Å². The molecule has 0 fully saturated rings. The lowest BCUT2D eigenvalue weighted by molar-refractivity contribution is -0.118. The second-order valence-electron chi connectivity index (χ2n) is 6.50. The summed E-state index contributed by atoms with van der Waals surface area (Å²) in [5.74, 6) is 0.0584. The molecule has 8 heteroatoms. The van der Waals surface area contributed by atoms with Gasteiger partial charge in [0.15, 0.2) is 0 Å². The highest BCUT2D eigenvalue weighted by atomic mass is 35.5. The van der Waals surface area contributed by atoms with Crippen molar-refractivity contribution < 1.29 is 4.79 Å². The predicted octanol–water partition coefficient (Wildman–Crippen LogP) is 3.77. The Morgan fingerprint density at radius 3 is 2.74 bits per heavy atom. The van der Waals surface area contributed by atoms with Gasteiger partial charge in [-0.1, -0.05) is 41.6 Å². The number of amides is 1. The zero-order valence-electron chi connectivity index (χ0n) is 14.9. The van der Waals surface area contributed by atoms with Crippen molar-refractivity contribution >= 4 is 35.0 Å². The number of fused-ring (bicyclic) bond motifs is 1. The highest BCUT2D eigenvalue weighted by Gasteiger charge is 2.34. The summed E-state index contributed by atoms with van der Waals surface area (Å²) >= 11 is 7.30. The van der Waals surface area contributed by atoms with Crippen LogP contribution >= 0.6 is 23.4 Å². The Balaban J connectivity index is 1.55. The Kier molecular flexibility index (Phi) is 4.88. The van der Waals surface area contributed by atoms with Gasteiger partial charge in [0.2, 0.25) is 11.1 Å². The molecule has 138 valence electrons. The van der Waals surface area contributed by atoms with Crippen LogP contribution in [0.15, 0.2) is 53.7 Å². The van der Waals surface area contributed by atoms with Gasteiger partial charge in [0.05, 0.1) is 10.9 Å². The molecule has 6 nitrogen and oxygen atoms in total. The summed E-state index contributed by atoms with van der Waals surface area (Å²) in [7, 11) is 0. The number of halogens is 1. The maximum absolute atomic E-state index is 13.1. The van der Waals surface area contributed by atoms with Crippen molar-refractivity contribution in [3.63, 3.8) is 0 Å². The SMILES string of the molecule is C[C@H](Sc1nnnn1-c1ccc(Cl)cc1)C(=O)N1c2ccccc2C[C@@H]1C. The van der Waals surface area contributed by atoms with Gasteiger partial charge >= 0.3 is 0 Å². The first-order chi connectivity index (χ1) is 13.0. The summed E-state index contributed by atoms with van der Waals surface area (Å²) in [6, 6.07) is 15.5. The van der Waals surface area contributed by atoms with Crippen molar-refractivity contribution in [2.45, 2.75) is 36.7 Å². The maximum atomic E-state index is 13.1. The van der Waals surface area contributed by atoms with Crippen LogP contribution in [0.25, 0.3) is 5.69 Å². The summed E-state index contributed by atoms with van der Waals surface area (Å²) in [5, 5.41) is 12.8. The molecule has 0 unspecified atom stereocenters. The second kappa shape index (κ2) is 7.32. The zero-order valence-corrected chi connectivity index (χ0v) is 16.5. The average molecular weight is 400 g/mol. The van der Waals surface area contributed by atoms with Gasteiger partial charge < -0.3 is 4.90 Å². The van der Waals surface area contributed by atoms with E-state index in [1.807, 2.05) is 42.2 Å². The molecule has 0 bridgehead atoms. The van der Waals surface area contributed by atoms with E-state index in [0.29, 0.717) is 10.2 Å². The number of rotatable bonds is 4. The monoisotopic (exact) mass is 399 g/mol. The van der Waals surface area contributed by atoms with Crippen molar-refractivity contribution in [2.75, 3.05) is 4.90 Å². The minimum atomic E-state index is -0.323. The number of anilines is 1. The van der Waals surface area contributed by atoms with E-state index < -0.39 is 0 Å². The highest BCUT2D eigenvalue weighted by molar-refractivity contribution is 8.00. The van der Waals surface area contributed by atoms with Crippen LogP contribution in [0.4, 0.5) is 5.69 Å². The first-order valence-corrected chi connectivity index (χ1v) is 9.92. The Morgan fingerprint density at radius 1 is 1.22 bits per heavy atom. The number of tetrazole rings is 1. The molecule has 1 aliphatic heterocycles. The molecule has 0 aliphatic carbocycles. The molecule has 0 spiro atoms. The first-order valence-electron chi connectivity index (χ1n) is 8.66. The molecule has 2 heterocycles. The Hall–Kier alpha value is -2.38. The van der Waals surface area contributed by atoms with E-state index in [4.69, 9.17) is 11.6 Å². The number of carbonyl (C=O) groups is 1. The summed E-state index contributed by atoms with van der Waals surface area (Å²) < 4.78 is 1.62. The molecular weight excluding hydrogens is 382 g/mol. The molecule has 1 amide bonds. The van der Waals surface area contributed by atoms with Crippen molar-refractivity contribution in [1.82, 2.24) is 20.2 Å². The predicted molar refractivity (Wildman–Crippen MR) is 107 cm³/mol. The summed E-state index contributed by atoms with van der Waals surface area (Å²) in [6.45, 7) is 3.97. The summed E-state index contributed by atoms with van der Waals surface area (Å²) in [6.07, 6.45) is 0.877. The molecule has 0 saturated heterocycles. The lowest BCUT2D eigenvalue weighted by Gasteiger charge is -2.25. The molecule has 1 aliphatic rings. The normalized spacial score (nSPS) is 17.0. The number of carbonyl (C=O) groups excluding carboxylic acids is 1. The van der Waals surface area contributed by atoms with Crippen molar-refractivity contribution in [3.05, 3.63) is 59.1 Å². The molecule has 4 rings (SSSR count). The fraction of sp³-hybridized carbons (Fsp3) is 0.263. The van der Waals surface area contributed by atoms with E-state index >= 15 is 0 Å². The van der Waals surface area contributed by atoms with E-state index in [1.54, 1.807) is 16.8 Å². The summed E-state index contributed by atoms with van der Waals surface area (Å²) in [5.41, 5.74) is 3.01. The molecule has 3 aromatic rings. The number of nitrogens with zero attached hydrogens (tertiary/aromatic N) is 5. The van der Waals surface area contributed by atoms with Gasteiger partial charge in [0, 0.05) is 16.8 Å². The van der Waals surface area contributed by atoms with Gasteiger partial charge in [0.25, 0.3) is 0 Å². The van der Waals surface area contributed by atoms with Crippen LogP contribution in [0.3, 0.4) is 0 Å². The Morgan fingerprint density at radius 2 is 1.96 bits per heavy atom. The van der Waals surface area contributed by atoms with Crippen LogP contribution in [0.2, 0.25) is 5.02 Å². The van der Waals surface area contributed by atoms with Crippen molar-refractivity contribution in [3.8, 4) is 5.69 Å². The first kappa shape index (κ1) is 18.0. The van der Waals surface area contributed by atoms with Crippen molar-refractivity contribution in [2.24, 2.45) is 0 Å². The van der Waals surface area contributed by atoms with Gasteiger partial charge in [-0.15, -0.1) is 5.10 Å². The van der Waals surface area contributed by atoms with Crippen molar-refractivity contribution in [1.29, 1.82) is 0 Å². The lowest BCUT2D eigenvalue weighted by Crippen LogP contribution is -2.40. The third kappa shape index (κ3) is 3.44. The number of aromatic nitrogens is 4. The van der Waals surface area contributed by atoms with Crippen LogP contribution in [0.1, 0.15) is 19.4 Å². The van der Waals surface area contributed by atoms with Gasteiger partial charge in [-0.05, 0) is 66.6 Å². The maximum Gasteiger partial charge on any atom is 0.240 e. The highest BCUT2D eigenvalue weighted by Crippen LogP contribution is 2.34. The largest absolute Gasteiger partial charge is 0.308 e. The van der Waals surface area contributed by atoms with Gasteiger partial charge in [-0.25, -0.2) is 0 Å². The number of benzene rings is 2. The van der Waals surface area contributed by atoms with E-state index in [2.05, 4.69) is 28.5 Å².